The Hall–Kier alpha value is -2.45. The Morgan fingerprint density at radius 3 is 2.63 bits per heavy atom. The predicted molar refractivity (Wildman–Crippen MR) is 101 cm³/mol. The number of benzene rings is 1. The first-order valence-electron chi connectivity index (χ1n) is 10.1. The number of nitrogens with zero attached hydrogens (tertiary/aromatic N) is 1. The summed E-state index contributed by atoms with van der Waals surface area (Å²) in [7, 11) is 1.30. The molecule has 2 atom stereocenters. The number of rotatable bonds is 4. The van der Waals surface area contributed by atoms with E-state index in [2.05, 4.69) is 14.8 Å². The Morgan fingerprint density at radius 1 is 1.27 bits per heavy atom. The van der Waals surface area contributed by atoms with Gasteiger partial charge in [0.2, 0.25) is 5.91 Å². The van der Waals surface area contributed by atoms with Gasteiger partial charge >= 0.3 is 12.5 Å². The SMILES string of the molecule is COC(=O)NC1CC(C(=O)N2CCC3(c4ccc(C)c(OC(F)(F)F)c4)CC3C2)C1. The van der Waals surface area contributed by atoms with E-state index < -0.39 is 12.5 Å². The number of aryl methyl sites for hydroxylation is 1. The van der Waals surface area contributed by atoms with Gasteiger partial charge in [0.05, 0.1) is 7.11 Å². The number of hydrogen-bond donors (Lipinski definition) is 1. The fraction of sp³-hybridized carbons (Fsp3) is 0.619. The molecule has 1 saturated heterocycles. The number of nitrogens with one attached hydrogen (secondary N) is 1. The van der Waals surface area contributed by atoms with Crippen LogP contribution < -0.4 is 10.1 Å². The summed E-state index contributed by atoms with van der Waals surface area (Å²) in [5.41, 5.74) is 1.14. The highest BCUT2D eigenvalue weighted by Gasteiger charge is 2.58. The second-order valence-electron chi connectivity index (χ2n) is 8.62. The summed E-state index contributed by atoms with van der Waals surface area (Å²) < 4.78 is 46.8. The minimum Gasteiger partial charge on any atom is -0.453 e. The molecule has 2 aliphatic carbocycles. The van der Waals surface area contributed by atoms with Crippen LogP contribution in [-0.4, -0.2) is 49.5 Å². The molecule has 3 aliphatic rings. The maximum absolute atomic E-state index is 12.8. The maximum atomic E-state index is 12.8. The van der Waals surface area contributed by atoms with Crippen molar-refractivity contribution in [2.75, 3.05) is 20.2 Å². The molecule has 0 bridgehead atoms. The van der Waals surface area contributed by atoms with Crippen LogP contribution >= 0.6 is 0 Å². The monoisotopic (exact) mass is 426 g/mol. The minimum absolute atomic E-state index is 0.0316. The van der Waals surface area contributed by atoms with E-state index in [9.17, 15) is 22.8 Å². The van der Waals surface area contributed by atoms with Crippen LogP contribution in [0.15, 0.2) is 18.2 Å². The van der Waals surface area contributed by atoms with E-state index in [1.807, 2.05) is 11.0 Å². The molecule has 0 spiro atoms. The number of methoxy groups -OCH3 is 1. The number of fused-ring (bicyclic) bond motifs is 1. The number of carbonyl (C=O) groups excluding carboxylic acids is 2. The van der Waals surface area contributed by atoms with E-state index >= 15 is 0 Å². The first kappa shape index (κ1) is 20.8. The summed E-state index contributed by atoms with van der Waals surface area (Å²) in [6.45, 7) is 2.80. The predicted octanol–water partition coefficient (Wildman–Crippen LogP) is 3.52. The van der Waals surface area contributed by atoms with E-state index in [0.717, 1.165) is 18.4 Å². The Labute approximate surface area is 172 Å². The summed E-state index contributed by atoms with van der Waals surface area (Å²) in [5, 5.41) is 2.70. The zero-order valence-electron chi connectivity index (χ0n) is 16.9. The number of ether oxygens (including phenoxy) is 2. The summed E-state index contributed by atoms with van der Waals surface area (Å²) in [4.78, 5) is 25.9. The van der Waals surface area contributed by atoms with Crippen molar-refractivity contribution in [1.82, 2.24) is 10.2 Å². The van der Waals surface area contributed by atoms with Gasteiger partial charge < -0.3 is 19.7 Å². The van der Waals surface area contributed by atoms with Gasteiger partial charge in [-0.25, -0.2) is 4.79 Å². The van der Waals surface area contributed by atoms with Crippen LogP contribution in [0.3, 0.4) is 0 Å². The second-order valence-corrected chi connectivity index (χ2v) is 8.62. The van der Waals surface area contributed by atoms with Gasteiger partial charge in [-0.2, -0.15) is 0 Å². The Balaban J connectivity index is 1.35. The normalized spacial score (nSPS) is 30.0. The lowest BCUT2D eigenvalue weighted by molar-refractivity contribution is -0.274. The van der Waals surface area contributed by atoms with Crippen LogP contribution in [0.25, 0.3) is 0 Å². The second kappa shape index (κ2) is 7.35. The van der Waals surface area contributed by atoms with Crippen LogP contribution in [0, 0.1) is 18.8 Å². The molecule has 0 radical (unpaired) electrons. The molecule has 30 heavy (non-hydrogen) atoms. The molecular formula is C21H25F3N2O4. The van der Waals surface area contributed by atoms with E-state index in [-0.39, 0.29) is 34.9 Å². The molecule has 4 rings (SSSR count). The highest BCUT2D eigenvalue weighted by atomic mass is 19.4. The highest BCUT2D eigenvalue weighted by Crippen LogP contribution is 2.60. The zero-order valence-corrected chi connectivity index (χ0v) is 16.9. The van der Waals surface area contributed by atoms with Gasteiger partial charge in [-0.3, -0.25) is 4.79 Å². The largest absolute Gasteiger partial charge is 0.573 e. The average Bonchev–Trinajstić information content (AvgIpc) is 3.39. The third-order valence-electron chi connectivity index (χ3n) is 6.80. The minimum atomic E-state index is -4.72. The zero-order chi connectivity index (χ0) is 21.7. The number of piperidine rings is 1. The van der Waals surface area contributed by atoms with Crippen molar-refractivity contribution in [2.24, 2.45) is 11.8 Å². The summed E-state index contributed by atoms with van der Waals surface area (Å²) in [6.07, 6.45) is -2.40. The van der Waals surface area contributed by atoms with Gasteiger partial charge in [0, 0.05) is 30.5 Å². The van der Waals surface area contributed by atoms with Crippen LogP contribution in [-0.2, 0) is 14.9 Å². The summed E-state index contributed by atoms with van der Waals surface area (Å²) in [5.74, 6) is 0.103. The van der Waals surface area contributed by atoms with Crippen molar-refractivity contribution < 1.29 is 32.2 Å². The fourth-order valence-electron chi connectivity index (χ4n) is 4.88. The molecule has 2 saturated carbocycles. The number of halogens is 3. The van der Waals surface area contributed by atoms with Crippen molar-refractivity contribution in [2.45, 2.75) is 50.4 Å². The lowest BCUT2D eigenvalue weighted by Crippen LogP contribution is -2.52. The van der Waals surface area contributed by atoms with Gasteiger partial charge in [-0.15, -0.1) is 13.2 Å². The van der Waals surface area contributed by atoms with Crippen molar-refractivity contribution in [3.8, 4) is 5.75 Å². The van der Waals surface area contributed by atoms with Crippen molar-refractivity contribution in [3.63, 3.8) is 0 Å². The smallest absolute Gasteiger partial charge is 0.453 e. The van der Waals surface area contributed by atoms with Gasteiger partial charge in [0.1, 0.15) is 5.75 Å². The fourth-order valence-corrected chi connectivity index (χ4v) is 4.88. The summed E-state index contributed by atoms with van der Waals surface area (Å²) in [6, 6.07) is 5.03. The van der Waals surface area contributed by atoms with E-state index in [1.54, 1.807) is 13.0 Å². The number of carbonyl (C=O) groups is 2. The first-order valence-corrected chi connectivity index (χ1v) is 10.1. The Morgan fingerprint density at radius 2 is 2.00 bits per heavy atom. The van der Waals surface area contributed by atoms with Crippen molar-refractivity contribution in [3.05, 3.63) is 29.3 Å². The van der Waals surface area contributed by atoms with E-state index in [4.69, 9.17) is 0 Å². The number of likely N-dealkylation sites (tertiary alicyclic amines) is 1. The van der Waals surface area contributed by atoms with Crippen LogP contribution in [0.1, 0.15) is 36.8 Å². The molecule has 9 heteroatoms. The average molecular weight is 426 g/mol. The molecule has 0 aromatic heterocycles. The molecule has 1 aliphatic heterocycles. The van der Waals surface area contributed by atoms with Crippen LogP contribution in [0.4, 0.5) is 18.0 Å². The third-order valence-corrected chi connectivity index (χ3v) is 6.80. The van der Waals surface area contributed by atoms with Gasteiger partial charge in [0.25, 0.3) is 0 Å². The van der Waals surface area contributed by atoms with E-state index in [1.165, 1.54) is 13.2 Å². The molecule has 1 N–H and O–H groups in total. The van der Waals surface area contributed by atoms with Gasteiger partial charge in [-0.1, -0.05) is 12.1 Å². The lowest BCUT2D eigenvalue weighted by Gasteiger charge is -2.40. The summed E-state index contributed by atoms with van der Waals surface area (Å²) >= 11 is 0. The molecule has 2 amide bonds. The highest BCUT2D eigenvalue weighted by molar-refractivity contribution is 5.80. The van der Waals surface area contributed by atoms with Crippen molar-refractivity contribution in [1.29, 1.82) is 0 Å². The third kappa shape index (κ3) is 3.94. The molecule has 1 aromatic carbocycles. The molecule has 164 valence electrons. The number of hydrogen-bond acceptors (Lipinski definition) is 4. The van der Waals surface area contributed by atoms with Crippen LogP contribution in [0.2, 0.25) is 0 Å². The number of alkyl halides is 3. The maximum Gasteiger partial charge on any atom is 0.573 e. The molecule has 3 fully saturated rings. The molecule has 1 aromatic rings. The quantitative estimate of drug-likeness (QED) is 0.800. The van der Waals surface area contributed by atoms with Gasteiger partial charge in [0.15, 0.2) is 0 Å². The van der Waals surface area contributed by atoms with Gasteiger partial charge in [-0.05, 0) is 55.7 Å². The number of alkyl carbamates (subject to hydrolysis) is 1. The first-order chi connectivity index (χ1) is 14.1. The lowest BCUT2D eigenvalue weighted by atomic mass is 9.78. The molecule has 2 unspecified atom stereocenters. The molecule has 6 nitrogen and oxygen atoms in total. The van der Waals surface area contributed by atoms with E-state index in [0.29, 0.717) is 31.5 Å². The Kier molecular flexibility index (Phi) is 5.10. The number of amides is 2. The standard InChI is InChI=1S/C21H25F3N2O4/c1-12-3-4-14(9-17(12)30-21(22,23)24)20-5-6-26(11-15(20)10-20)18(27)13-7-16(8-13)25-19(28)29-2/h3-4,9,13,15-16H,5-8,10-11H2,1-2H3,(H,25,28). The molecule has 1 heterocycles. The van der Waals surface area contributed by atoms with Crippen LogP contribution in [0.5, 0.6) is 5.75 Å². The van der Waals surface area contributed by atoms with Crippen molar-refractivity contribution >= 4 is 12.0 Å². The topological polar surface area (TPSA) is 67.9 Å². The molecular weight excluding hydrogens is 401 g/mol. The Bertz CT molecular complexity index is 853.